The second-order valence-corrected chi connectivity index (χ2v) is 5.56. The molecule has 2 rings (SSSR count). The Morgan fingerprint density at radius 1 is 0.783 bits per heavy atom. The quantitative estimate of drug-likeness (QED) is 0.238. The third kappa shape index (κ3) is 3.23. The van der Waals surface area contributed by atoms with Gasteiger partial charge in [-0.25, -0.2) is 0 Å². The minimum atomic E-state index is -2.22. The van der Waals surface area contributed by atoms with E-state index in [1.807, 2.05) is 0 Å². The van der Waals surface area contributed by atoms with Crippen molar-refractivity contribution in [3.63, 3.8) is 0 Å². The highest BCUT2D eigenvalue weighted by Crippen LogP contribution is 2.35. The summed E-state index contributed by atoms with van der Waals surface area (Å²) in [5.74, 6) is -2.22. The van der Waals surface area contributed by atoms with Crippen LogP contribution in [-0.2, 0) is 14.2 Å². The van der Waals surface area contributed by atoms with E-state index in [0.717, 1.165) is 0 Å². The molecule has 0 saturated carbocycles. The second-order valence-electron chi connectivity index (χ2n) is 5.56. The van der Waals surface area contributed by atoms with Crippen molar-refractivity contribution in [2.45, 2.75) is 54.8 Å². The van der Waals surface area contributed by atoms with Crippen LogP contribution in [0.4, 0.5) is 0 Å². The molecule has 0 aromatic carbocycles. The van der Waals surface area contributed by atoms with Gasteiger partial charge < -0.3 is 55.1 Å². The van der Waals surface area contributed by atoms with E-state index >= 15 is 0 Å². The fraction of sp³-hybridized carbons (Fsp3) is 1.00. The van der Waals surface area contributed by atoms with Gasteiger partial charge in [-0.15, -0.1) is 0 Å². The zero-order chi connectivity index (χ0) is 17.4. The molecule has 9 atom stereocenters. The maximum absolute atomic E-state index is 10.00. The summed E-state index contributed by atoms with van der Waals surface area (Å²) in [6.07, 6.45) is -12.7. The minimum absolute atomic E-state index is 0.669. The van der Waals surface area contributed by atoms with Gasteiger partial charge in [-0.1, -0.05) is 0 Å². The van der Waals surface area contributed by atoms with Crippen molar-refractivity contribution in [2.75, 3.05) is 19.8 Å². The highest BCUT2D eigenvalue weighted by Gasteiger charge is 2.58. The molecular weight excluding hydrogens is 320 g/mol. The van der Waals surface area contributed by atoms with Crippen LogP contribution in [0.2, 0.25) is 0 Å². The topological polar surface area (TPSA) is 190 Å². The first-order valence-electron chi connectivity index (χ1n) is 7.05. The standard InChI is InChI=1S/C12H22O11/c13-1-4-6(16)8(18)9(19)11(21-4)23-12(3-15)10(20)7(17)5(2-14)22-12/h4-11,13-20H,1-3H2/t4?,5-,6-,7+,8+,9?,10?,11+,12+/m1/s1. The van der Waals surface area contributed by atoms with Crippen LogP contribution in [0.3, 0.4) is 0 Å². The van der Waals surface area contributed by atoms with Crippen molar-refractivity contribution in [1.29, 1.82) is 0 Å². The minimum Gasteiger partial charge on any atom is -0.394 e. The Morgan fingerprint density at radius 3 is 1.87 bits per heavy atom. The molecule has 2 aliphatic rings. The van der Waals surface area contributed by atoms with E-state index in [9.17, 15) is 30.6 Å². The Balaban J connectivity index is 2.18. The second kappa shape index (κ2) is 7.21. The van der Waals surface area contributed by atoms with Gasteiger partial charge in [0.25, 0.3) is 0 Å². The number of hydrogen-bond donors (Lipinski definition) is 8. The first kappa shape index (κ1) is 18.9. The summed E-state index contributed by atoms with van der Waals surface area (Å²) in [6, 6.07) is 0. The molecule has 11 heteroatoms. The van der Waals surface area contributed by atoms with Gasteiger partial charge in [-0.05, 0) is 0 Å². The molecule has 0 aromatic heterocycles. The fourth-order valence-electron chi connectivity index (χ4n) is 2.63. The van der Waals surface area contributed by atoms with Crippen molar-refractivity contribution in [3.05, 3.63) is 0 Å². The molecule has 11 nitrogen and oxygen atoms in total. The molecule has 0 bridgehead atoms. The van der Waals surface area contributed by atoms with Gasteiger partial charge in [0.1, 0.15) is 49.3 Å². The van der Waals surface area contributed by atoms with Crippen molar-refractivity contribution >= 4 is 0 Å². The molecule has 2 aliphatic heterocycles. The molecule has 0 amide bonds. The number of aliphatic hydroxyl groups excluding tert-OH is 8. The maximum atomic E-state index is 10.00. The zero-order valence-corrected chi connectivity index (χ0v) is 12.0. The van der Waals surface area contributed by atoms with Crippen molar-refractivity contribution < 1.29 is 55.1 Å². The van der Waals surface area contributed by atoms with Gasteiger partial charge in [-0.3, -0.25) is 0 Å². The predicted molar refractivity (Wildman–Crippen MR) is 68.6 cm³/mol. The monoisotopic (exact) mass is 342 g/mol. The Kier molecular flexibility index (Phi) is 5.92. The van der Waals surface area contributed by atoms with Crippen molar-refractivity contribution in [1.82, 2.24) is 0 Å². The normalized spacial score (nSPS) is 51.1. The third-order valence-corrected chi connectivity index (χ3v) is 4.07. The Morgan fingerprint density at radius 2 is 1.39 bits per heavy atom. The number of ether oxygens (including phenoxy) is 3. The van der Waals surface area contributed by atoms with Crippen molar-refractivity contribution in [3.8, 4) is 0 Å². The lowest BCUT2D eigenvalue weighted by Crippen LogP contribution is -2.62. The molecule has 8 N–H and O–H groups in total. The van der Waals surface area contributed by atoms with Crippen LogP contribution < -0.4 is 0 Å². The fourth-order valence-corrected chi connectivity index (χ4v) is 2.63. The molecule has 2 saturated heterocycles. The van der Waals surface area contributed by atoms with E-state index in [1.54, 1.807) is 0 Å². The summed E-state index contributed by atoms with van der Waals surface area (Å²) in [5, 5.41) is 76.7. The van der Waals surface area contributed by atoms with Gasteiger partial charge in [0.2, 0.25) is 5.79 Å². The molecule has 0 aliphatic carbocycles. The van der Waals surface area contributed by atoms with Crippen LogP contribution in [0, 0.1) is 0 Å². The van der Waals surface area contributed by atoms with Crippen LogP contribution in [0.5, 0.6) is 0 Å². The summed E-state index contributed by atoms with van der Waals surface area (Å²) >= 11 is 0. The van der Waals surface area contributed by atoms with E-state index in [0.29, 0.717) is 0 Å². The molecule has 23 heavy (non-hydrogen) atoms. The number of rotatable bonds is 5. The predicted octanol–water partition coefficient (Wildman–Crippen LogP) is -5.40. The first-order chi connectivity index (χ1) is 10.8. The average molecular weight is 342 g/mol. The van der Waals surface area contributed by atoms with Crippen LogP contribution in [0.1, 0.15) is 0 Å². The molecule has 0 spiro atoms. The highest BCUT2D eigenvalue weighted by molar-refractivity contribution is 4.98. The van der Waals surface area contributed by atoms with Gasteiger partial charge in [0.05, 0.1) is 13.2 Å². The molecular formula is C12H22O11. The van der Waals surface area contributed by atoms with E-state index in [4.69, 9.17) is 24.4 Å². The molecule has 3 unspecified atom stereocenters. The Bertz CT molecular complexity index is 393. The lowest BCUT2D eigenvalue weighted by atomic mass is 9.99. The smallest absolute Gasteiger partial charge is 0.224 e. The van der Waals surface area contributed by atoms with Gasteiger partial charge >= 0.3 is 0 Å². The number of hydrogen-bond acceptors (Lipinski definition) is 11. The largest absolute Gasteiger partial charge is 0.394 e. The third-order valence-electron chi connectivity index (χ3n) is 4.07. The molecule has 136 valence electrons. The summed E-state index contributed by atoms with van der Waals surface area (Å²) in [6.45, 7) is -2.32. The van der Waals surface area contributed by atoms with Crippen molar-refractivity contribution in [2.24, 2.45) is 0 Å². The van der Waals surface area contributed by atoms with Crippen LogP contribution in [-0.4, -0.2) is 115 Å². The molecule has 0 radical (unpaired) electrons. The number of aliphatic hydroxyl groups is 8. The Labute approximate surface area is 130 Å². The van der Waals surface area contributed by atoms with Crippen LogP contribution >= 0.6 is 0 Å². The lowest BCUT2D eigenvalue weighted by molar-refractivity contribution is -0.383. The Hall–Kier alpha value is -0.440. The summed E-state index contributed by atoms with van der Waals surface area (Å²) < 4.78 is 15.4. The average Bonchev–Trinajstić information content (AvgIpc) is 2.80. The molecule has 2 fully saturated rings. The van der Waals surface area contributed by atoms with E-state index in [-0.39, 0.29) is 0 Å². The van der Waals surface area contributed by atoms with E-state index in [1.165, 1.54) is 0 Å². The first-order valence-corrected chi connectivity index (χ1v) is 7.05. The SMILES string of the molecule is OCC1O[C@@H](O[C@]2(CO)O[C@H](CO)[C@H](O)C2O)C(O)[C@@H](O)[C@@H]1O. The van der Waals surface area contributed by atoms with Crippen LogP contribution in [0.25, 0.3) is 0 Å². The highest BCUT2D eigenvalue weighted by atomic mass is 16.8. The zero-order valence-electron chi connectivity index (χ0n) is 12.0. The van der Waals surface area contributed by atoms with E-state index < -0.39 is 74.6 Å². The van der Waals surface area contributed by atoms with Gasteiger partial charge in [-0.2, -0.15) is 0 Å². The molecule has 0 aromatic rings. The van der Waals surface area contributed by atoms with E-state index in [2.05, 4.69) is 0 Å². The summed E-state index contributed by atoms with van der Waals surface area (Å²) in [7, 11) is 0. The lowest BCUT2D eigenvalue weighted by Gasteiger charge is -2.43. The molecule has 2 heterocycles. The summed E-state index contributed by atoms with van der Waals surface area (Å²) in [5.41, 5.74) is 0. The van der Waals surface area contributed by atoms with Crippen LogP contribution in [0.15, 0.2) is 0 Å². The van der Waals surface area contributed by atoms with Gasteiger partial charge in [0.15, 0.2) is 6.29 Å². The summed E-state index contributed by atoms with van der Waals surface area (Å²) in [4.78, 5) is 0. The maximum Gasteiger partial charge on any atom is 0.224 e. The van der Waals surface area contributed by atoms with Gasteiger partial charge in [0, 0.05) is 0 Å².